The zero-order chi connectivity index (χ0) is 30.0. The van der Waals surface area contributed by atoms with Gasteiger partial charge in [0.2, 0.25) is 5.89 Å². The summed E-state index contributed by atoms with van der Waals surface area (Å²) in [4.78, 5) is 23.8. The average molecular weight is 580 g/mol. The predicted molar refractivity (Wildman–Crippen MR) is 178 cm³/mol. The molecule has 0 aliphatic rings. The van der Waals surface area contributed by atoms with Crippen molar-refractivity contribution in [2.75, 3.05) is 0 Å². The van der Waals surface area contributed by atoms with E-state index in [2.05, 4.69) is 35.3 Å². The molecule has 0 N–H and O–H groups in total. The Balaban J connectivity index is 1.22. The first-order valence-electron chi connectivity index (χ1n) is 14.7. The molecule has 0 saturated carbocycles. The van der Waals surface area contributed by atoms with E-state index in [0.29, 0.717) is 28.9 Å². The molecule has 8 aromatic rings. The first kappa shape index (κ1) is 26.4. The van der Waals surface area contributed by atoms with Gasteiger partial charge in [-0.15, -0.1) is 0 Å². The lowest BCUT2D eigenvalue weighted by Gasteiger charge is -2.10. The Kier molecular flexibility index (Phi) is 6.70. The monoisotopic (exact) mass is 579 g/mol. The fourth-order valence-electron chi connectivity index (χ4n) is 5.39. The van der Waals surface area contributed by atoms with Gasteiger partial charge in [0.25, 0.3) is 0 Å². The average Bonchev–Trinajstić information content (AvgIpc) is 3.57. The highest BCUT2D eigenvalue weighted by Gasteiger charge is 2.17. The van der Waals surface area contributed by atoms with Gasteiger partial charge in [0.05, 0.1) is 0 Å². The Morgan fingerprint density at radius 2 is 0.911 bits per heavy atom. The summed E-state index contributed by atoms with van der Waals surface area (Å²) >= 11 is 0. The van der Waals surface area contributed by atoms with Gasteiger partial charge in [-0.2, -0.15) is 0 Å². The molecule has 6 nitrogen and oxygen atoms in total. The highest BCUT2D eigenvalue weighted by molar-refractivity contribution is 5.96. The van der Waals surface area contributed by atoms with E-state index in [0.717, 1.165) is 50.0 Å². The highest BCUT2D eigenvalue weighted by Crippen LogP contribution is 2.36. The molecule has 0 aliphatic heterocycles. The molecule has 0 amide bonds. The number of hydrogen-bond donors (Lipinski definition) is 0. The Hall–Kier alpha value is -6.27. The summed E-state index contributed by atoms with van der Waals surface area (Å²) in [5.41, 5.74) is 9.19. The van der Waals surface area contributed by atoms with Gasteiger partial charge in [-0.05, 0) is 41.5 Å². The molecular weight excluding hydrogens is 554 g/mol. The molecule has 0 spiro atoms. The van der Waals surface area contributed by atoms with Crippen LogP contribution in [0.4, 0.5) is 0 Å². The number of oxazole rings is 1. The van der Waals surface area contributed by atoms with E-state index >= 15 is 0 Å². The summed E-state index contributed by atoms with van der Waals surface area (Å²) in [6, 6.07) is 46.4. The molecule has 212 valence electrons. The standard InChI is InChI=1S/C39H25N5O/c1-4-11-27(12-5-1)36-42-37(28-13-6-2-7-14-28)44-38(43-36)29-20-18-26(19-21-29)32-23-33(31-17-10-22-40-25-31)35-34(24-32)45-39(41-35)30-15-8-3-9-16-30/h1-25H. The fourth-order valence-corrected chi connectivity index (χ4v) is 5.39. The molecule has 3 aromatic heterocycles. The Labute approximate surface area is 259 Å². The van der Waals surface area contributed by atoms with Crippen LogP contribution in [-0.4, -0.2) is 24.9 Å². The summed E-state index contributed by atoms with van der Waals surface area (Å²) < 4.78 is 6.32. The van der Waals surface area contributed by atoms with Crippen LogP contribution < -0.4 is 0 Å². The van der Waals surface area contributed by atoms with Crippen molar-refractivity contribution in [1.29, 1.82) is 0 Å². The summed E-state index contributed by atoms with van der Waals surface area (Å²) in [7, 11) is 0. The Bertz CT molecular complexity index is 2180. The summed E-state index contributed by atoms with van der Waals surface area (Å²) in [6.07, 6.45) is 3.63. The number of aromatic nitrogens is 5. The largest absolute Gasteiger partial charge is 0.436 e. The van der Waals surface area contributed by atoms with Gasteiger partial charge in [0, 0.05) is 45.8 Å². The van der Waals surface area contributed by atoms with E-state index in [1.165, 1.54) is 0 Å². The van der Waals surface area contributed by atoms with E-state index in [1.807, 2.05) is 115 Å². The molecule has 0 unspecified atom stereocenters. The van der Waals surface area contributed by atoms with Crippen LogP contribution in [0.5, 0.6) is 0 Å². The maximum atomic E-state index is 6.32. The van der Waals surface area contributed by atoms with Crippen molar-refractivity contribution in [3.05, 3.63) is 152 Å². The molecule has 0 radical (unpaired) electrons. The lowest BCUT2D eigenvalue weighted by atomic mass is 9.98. The second-order valence-corrected chi connectivity index (χ2v) is 10.6. The van der Waals surface area contributed by atoms with Crippen molar-refractivity contribution in [2.45, 2.75) is 0 Å². The molecular formula is C39H25N5O. The van der Waals surface area contributed by atoms with Gasteiger partial charge >= 0.3 is 0 Å². The minimum atomic E-state index is 0.585. The fraction of sp³-hybridized carbons (Fsp3) is 0. The molecule has 3 heterocycles. The predicted octanol–water partition coefficient (Wildman–Crippen LogP) is 9.41. The Morgan fingerprint density at radius 3 is 1.47 bits per heavy atom. The second kappa shape index (κ2) is 11.4. The third-order valence-electron chi connectivity index (χ3n) is 7.66. The van der Waals surface area contributed by atoms with Gasteiger partial charge in [0.1, 0.15) is 5.52 Å². The molecule has 0 atom stereocenters. The van der Waals surface area contributed by atoms with Gasteiger partial charge in [-0.25, -0.2) is 19.9 Å². The van der Waals surface area contributed by atoms with Crippen LogP contribution >= 0.6 is 0 Å². The maximum absolute atomic E-state index is 6.32. The van der Waals surface area contributed by atoms with Crippen LogP contribution in [0.25, 0.3) is 79.0 Å². The van der Waals surface area contributed by atoms with Crippen LogP contribution in [-0.2, 0) is 0 Å². The first-order chi connectivity index (χ1) is 22.3. The van der Waals surface area contributed by atoms with Crippen molar-refractivity contribution >= 4 is 11.1 Å². The topological polar surface area (TPSA) is 77.6 Å². The van der Waals surface area contributed by atoms with Crippen LogP contribution in [0.3, 0.4) is 0 Å². The van der Waals surface area contributed by atoms with Gasteiger partial charge in [-0.1, -0.05) is 109 Å². The third kappa shape index (κ3) is 5.26. The van der Waals surface area contributed by atoms with Gasteiger partial charge in [-0.3, -0.25) is 4.98 Å². The smallest absolute Gasteiger partial charge is 0.227 e. The van der Waals surface area contributed by atoms with Crippen molar-refractivity contribution < 1.29 is 4.42 Å². The second-order valence-electron chi connectivity index (χ2n) is 10.6. The first-order valence-corrected chi connectivity index (χ1v) is 14.7. The van der Waals surface area contributed by atoms with Crippen molar-refractivity contribution in [3.63, 3.8) is 0 Å². The van der Waals surface area contributed by atoms with Crippen LogP contribution in [0.2, 0.25) is 0 Å². The van der Waals surface area contributed by atoms with E-state index in [1.54, 1.807) is 6.20 Å². The molecule has 0 aliphatic carbocycles. The van der Waals surface area contributed by atoms with Gasteiger partial charge < -0.3 is 4.42 Å². The number of rotatable bonds is 6. The number of hydrogen-bond acceptors (Lipinski definition) is 6. The highest BCUT2D eigenvalue weighted by atomic mass is 16.3. The number of nitrogens with zero attached hydrogens (tertiary/aromatic N) is 5. The Morgan fingerprint density at radius 1 is 0.400 bits per heavy atom. The summed E-state index contributed by atoms with van der Waals surface area (Å²) in [6.45, 7) is 0. The molecule has 0 fully saturated rings. The van der Waals surface area contributed by atoms with Gasteiger partial charge in [0.15, 0.2) is 23.1 Å². The number of fused-ring (bicyclic) bond motifs is 1. The lowest BCUT2D eigenvalue weighted by Crippen LogP contribution is -2.00. The SMILES string of the molecule is c1ccc(-c2nc(-c3ccccc3)nc(-c3ccc(-c4cc(-c5cccnc5)c5nc(-c6ccccc6)oc5c4)cc3)n2)cc1. The molecule has 0 saturated heterocycles. The van der Waals surface area contributed by atoms with E-state index in [-0.39, 0.29) is 0 Å². The lowest BCUT2D eigenvalue weighted by molar-refractivity contribution is 0.620. The summed E-state index contributed by atoms with van der Waals surface area (Å²) in [5, 5.41) is 0. The summed E-state index contributed by atoms with van der Waals surface area (Å²) in [5.74, 6) is 2.47. The zero-order valence-electron chi connectivity index (χ0n) is 24.1. The quantitative estimate of drug-likeness (QED) is 0.195. The number of pyridine rings is 1. The van der Waals surface area contributed by atoms with E-state index in [4.69, 9.17) is 24.4 Å². The third-order valence-corrected chi connectivity index (χ3v) is 7.66. The van der Waals surface area contributed by atoms with E-state index in [9.17, 15) is 0 Å². The van der Waals surface area contributed by atoms with Crippen molar-refractivity contribution in [3.8, 4) is 67.9 Å². The molecule has 6 heteroatoms. The van der Waals surface area contributed by atoms with Crippen LogP contribution in [0.15, 0.2) is 156 Å². The molecule has 5 aromatic carbocycles. The van der Waals surface area contributed by atoms with Crippen LogP contribution in [0.1, 0.15) is 0 Å². The molecule has 0 bridgehead atoms. The normalized spacial score (nSPS) is 11.1. The molecule has 45 heavy (non-hydrogen) atoms. The number of benzene rings is 5. The minimum absolute atomic E-state index is 0.585. The molecule has 8 rings (SSSR count). The maximum Gasteiger partial charge on any atom is 0.227 e. The minimum Gasteiger partial charge on any atom is -0.436 e. The van der Waals surface area contributed by atoms with E-state index < -0.39 is 0 Å². The van der Waals surface area contributed by atoms with Crippen molar-refractivity contribution in [2.24, 2.45) is 0 Å². The van der Waals surface area contributed by atoms with Crippen molar-refractivity contribution in [1.82, 2.24) is 24.9 Å². The zero-order valence-corrected chi connectivity index (χ0v) is 24.1. The van der Waals surface area contributed by atoms with Crippen LogP contribution in [0, 0.1) is 0 Å².